The lowest BCUT2D eigenvalue weighted by Crippen LogP contribution is -2.43. The van der Waals surface area contributed by atoms with Crippen molar-refractivity contribution >= 4 is 16.7 Å². The Morgan fingerprint density at radius 1 is 1.09 bits per heavy atom. The number of aryl methyl sites for hydroxylation is 1. The number of hydrogen-bond donors (Lipinski definition) is 1. The summed E-state index contributed by atoms with van der Waals surface area (Å²) in [6, 6.07) is 11.2. The number of piperidine rings is 1. The number of rotatable bonds is 6. The molecule has 2 aromatic rings. The summed E-state index contributed by atoms with van der Waals surface area (Å²) in [4.78, 5) is 14.1. The average Bonchev–Trinajstić information content (AvgIpc) is 2.81. The second kappa shape index (κ2) is 10.3. The lowest BCUT2D eigenvalue weighted by atomic mass is 9.72. The van der Waals surface area contributed by atoms with E-state index in [4.69, 9.17) is 4.74 Å². The first-order valence-electron chi connectivity index (χ1n) is 13.3. The second-order valence-electron chi connectivity index (χ2n) is 11.8. The van der Waals surface area contributed by atoms with Crippen LogP contribution in [0.1, 0.15) is 83.8 Å². The van der Waals surface area contributed by atoms with Crippen LogP contribution in [0.25, 0.3) is 10.8 Å². The molecule has 0 aromatic heterocycles. The van der Waals surface area contributed by atoms with Crippen molar-refractivity contribution < 1.29 is 14.6 Å². The predicted octanol–water partition coefficient (Wildman–Crippen LogP) is 7.21. The Hall–Kier alpha value is -2.07. The Morgan fingerprint density at radius 2 is 1.76 bits per heavy atom. The maximum atomic E-state index is 11.6. The number of nitrogens with zero attached hydrogens (tertiary/aromatic N) is 1. The van der Waals surface area contributed by atoms with Crippen LogP contribution in [0, 0.1) is 24.2 Å². The summed E-state index contributed by atoms with van der Waals surface area (Å²) in [6.07, 6.45) is 7.42. The zero-order valence-electron chi connectivity index (χ0n) is 21.8. The van der Waals surface area contributed by atoms with Gasteiger partial charge < -0.3 is 9.84 Å². The molecular formula is C30H43NO3. The molecule has 0 radical (unpaired) electrons. The first-order chi connectivity index (χ1) is 16.2. The fourth-order valence-corrected chi connectivity index (χ4v) is 6.24. The van der Waals surface area contributed by atoms with Gasteiger partial charge in [-0.3, -0.25) is 9.69 Å². The van der Waals surface area contributed by atoms with E-state index >= 15 is 0 Å². The van der Waals surface area contributed by atoms with Gasteiger partial charge in [0.2, 0.25) is 0 Å². The summed E-state index contributed by atoms with van der Waals surface area (Å²) < 4.78 is 6.79. The summed E-state index contributed by atoms with van der Waals surface area (Å²) >= 11 is 0. The number of carbonyl (C=O) groups is 1. The standard InChI is InChI=1S/C30H43NO3/c1-6-23-18-21(29(32)33)15-16-31(23)19-27-26-10-8-7-9-25(26)20(2)17-28(27)34-24-13-11-22(12-14-24)30(3,4)5/h7-10,17,21-24H,6,11-16,18-19H2,1-5H3,(H,32,33). The quantitative estimate of drug-likeness (QED) is 0.490. The van der Waals surface area contributed by atoms with E-state index in [9.17, 15) is 9.90 Å². The average molecular weight is 466 g/mol. The molecule has 0 amide bonds. The minimum atomic E-state index is -0.645. The van der Waals surface area contributed by atoms with E-state index in [0.717, 1.165) is 56.9 Å². The molecule has 4 nitrogen and oxygen atoms in total. The monoisotopic (exact) mass is 465 g/mol. The molecule has 1 aliphatic heterocycles. The van der Waals surface area contributed by atoms with Crippen molar-refractivity contribution in [3.63, 3.8) is 0 Å². The number of benzene rings is 2. The normalized spacial score (nSPS) is 26.5. The summed E-state index contributed by atoms with van der Waals surface area (Å²) in [5, 5.41) is 12.1. The van der Waals surface area contributed by atoms with Gasteiger partial charge in [0.15, 0.2) is 0 Å². The Kier molecular flexibility index (Phi) is 7.57. The van der Waals surface area contributed by atoms with Crippen LogP contribution in [-0.4, -0.2) is 34.7 Å². The number of hydrogen-bond acceptors (Lipinski definition) is 3. The molecule has 1 heterocycles. The molecule has 0 spiro atoms. The zero-order chi connectivity index (χ0) is 24.5. The van der Waals surface area contributed by atoms with E-state index in [1.807, 2.05) is 0 Å². The Balaban J connectivity index is 1.60. The van der Waals surface area contributed by atoms with Gasteiger partial charge in [-0.1, -0.05) is 52.0 Å². The number of aliphatic carboxylic acids is 1. The van der Waals surface area contributed by atoms with E-state index in [2.05, 4.69) is 69.9 Å². The van der Waals surface area contributed by atoms with E-state index in [0.29, 0.717) is 11.5 Å². The van der Waals surface area contributed by atoms with E-state index in [1.54, 1.807) is 0 Å². The van der Waals surface area contributed by atoms with Gasteiger partial charge in [0.25, 0.3) is 0 Å². The van der Waals surface area contributed by atoms with Crippen molar-refractivity contribution in [1.29, 1.82) is 0 Å². The van der Waals surface area contributed by atoms with E-state index in [1.165, 1.54) is 34.7 Å². The molecule has 2 unspecified atom stereocenters. The van der Waals surface area contributed by atoms with Crippen molar-refractivity contribution in [3.8, 4) is 5.75 Å². The minimum absolute atomic E-state index is 0.218. The molecular weight excluding hydrogens is 422 g/mol. The highest BCUT2D eigenvalue weighted by Crippen LogP contribution is 2.41. The lowest BCUT2D eigenvalue weighted by molar-refractivity contribution is -0.144. The fraction of sp³-hybridized carbons (Fsp3) is 0.633. The van der Waals surface area contributed by atoms with Crippen LogP contribution in [0.4, 0.5) is 0 Å². The van der Waals surface area contributed by atoms with Crippen LogP contribution >= 0.6 is 0 Å². The topological polar surface area (TPSA) is 49.8 Å². The van der Waals surface area contributed by atoms with Crippen LogP contribution in [0.5, 0.6) is 5.75 Å². The van der Waals surface area contributed by atoms with Crippen molar-refractivity contribution in [2.75, 3.05) is 6.54 Å². The van der Waals surface area contributed by atoms with Crippen LogP contribution in [-0.2, 0) is 11.3 Å². The van der Waals surface area contributed by atoms with Crippen molar-refractivity contribution in [3.05, 3.63) is 41.5 Å². The second-order valence-corrected chi connectivity index (χ2v) is 11.8. The number of ether oxygens (including phenoxy) is 1. The molecule has 2 aliphatic rings. The molecule has 4 heteroatoms. The van der Waals surface area contributed by atoms with Gasteiger partial charge >= 0.3 is 5.97 Å². The van der Waals surface area contributed by atoms with Gasteiger partial charge in [-0.05, 0) is 92.1 Å². The van der Waals surface area contributed by atoms with Gasteiger partial charge in [-0.25, -0.2) is 0 Å². The number of likely N-dealkylation sites (tertiary alicyclic amines) is 1. The molecule has 1 saturated heterocycles. The van der Waals surface area contributed by atoms with Gasteiger partial charge in [-0.2, -0.15) is 0 Å². The molecule has 2 atom stereocenters. The maximum Gasteiger partial charge on any atom is 0.306 e. The fourth-order valence-electron chi connectivity index (χ4n) is 6.24. The zero-order valence-corrected chi connectivity index (χ0v) is 21.8. The molecule has 1 N–H and O–H groups in total. The lowest BCUT2D eigenvalue weighted by Gasteiger charge is -2.39. The van der Waals surface area contributed by atoms with Crippen LogP contribution < -0.4 is 4.74 Å². The third-order valence-electron chi connectivity index (χ3n) is 8.53. The maximum absolute atomic E-state index is 11.6. The molecule has 34 heavy (non-hydrogen) atoms. The Bertz CT molecular complexity index is 1000. The highest BCUT2D eigenvalue weighted by Gasteiger charge is 2.33. The largest absolute Gasteiger partial charge is 0.490 e. The molecule has 1 saturated carbocycles. The number of carboxylic acids is 1. The van der Waals surface area contributed by atoms with Gasteiger partial charge in [0.1, 0.15) is 5.75 Å². The minimum Gasteiger partial charge on any atom is -0.490 e. The summed E-state index contributed by atoms with van der Waals surface area (Å²) in [5.74, 6) is 0.940. The van der Waals surface area contributed by atoms with Crippen molar-refractivity contribution in [1.82, 2.24) is 4.90 Å². The first-order valence-corrected chi connectivity index (χ1v) is 13.3. The molecule has 2 fully saturated rings. The van der Waals surface area contributed by atoms with E-state index < -0.39 is 5.97 Å². The van der Waals surface area contributed by atoms with Gasteiger partial charge in [0, 0.05) is 18.2 Å². The smallest absolute Gasteiger partial charge is 0.306 e. The highest BCUT2D eigenvalue weighted by atomic mass is 16.5. The Morgan fingerprint density at radius 3 is 2.38 bits per heavy atom. The summed E-state index contributed by atoms with van der Waals surface area (Å²) in [6.45, 7) is 13.1. The SMILES string of the molecule is CCC1CC(C(=O)O)CCN1Cc1c(OC2CCC(C(C)(C)C)CC2)cc(C)c2ccccc12. The molecule has 4 rings (SSSR count). The highest BCUT2D eigenvalue weighted by molar-refractivity contribution is 5.90. The summed E-state index contributed by atoms with van der Waals surface area (Å²) in [7, 11) is 0. The third-order valence-corrected chi connectivity index (χ3v) is 8.53. The predicted molar refractivity (Wildman–Crippen MR) is 139 cm³/mol. The Labute approximate surface area is 205 Å². The third kappa shape index (κ3) is 5.43. The van der Waals surface area contributed by atoms with Crippen molar-refractivity contribution in [2.45, 2.75) is 98.3 Å². The van der Waals surface area contributed by atoms with Gasteiger partial charge in [0.05, 0.1) is 12.0 Å². The number of fused-ring (bicyclic) bond motifs is 1. The van der Waals surface area contributed by atoms with Crippen LogP contribution in [0.3, 0.4) is 0 Å². The van der Waals surface area contributed by atoms with Gasteiger partial charge in [-0.15, -0.1) is 0 Å². The molecule has 186 valence electrons. The van der Waals surface area contributed by atoms with E-state index in [-0.39, 0.29) is 12.0 Å². The molecule has 0 bridgehead atoms. The summed E-state index contributed by atoms with van der Waals surface area (Å²) in [5.41, 5.74) is 2.90. The van der Waals surface area contributed by atoms with Crippen molar-refractivity contribution in [2.24, 2.45) is 17.3 Å². The molecule has 1 aliphatic carbocycles. The molecule has 2 aromatic carbocycles. The first kappa shape index (κ1) is 25.0. The van der Waals surface area contributed by atoms with Crippen LogP contribution in [0.2, 0.25) is 0 Å². The van der Waals surface area contributed by atoms with Crippen LogP contribution in [0.15, 0.2) is 30.3 Å². The number of carboxylic acid groups (broad SMARTS) is 1.